The lowest BCUT2D eigenvalue weighted by Crippen LogP contribution is -2.04. The van der Waals surface area contributed by atoms with Gasteiger partial charge in [0.1, 0.15) is 5.69 Å². The maximum atomic E-state index is 4.90. The van der Waals surface area contributed by atoms with Gasteiger partial charge in [-0.2, -0.15) is 0 Å². The number of methoxy groups -OCH3 is 2. The van der Waals surface area contributed by atoms with Crippen LogP contribution in [0, 0.1) is 0 Å². The van der Waals surface area contributed by atoms with Crippen molar-refractivity contribution in [1.82, 2.24) is 15.0 Å². The Kier molecular flexibility index (Phi) is 3.69. The molecule has 0 aliphatic rings. The molecule has 5 heteroatoms. The van der Waals surface area contributed by atoms with Crippen LogP contribution in [0.15, 0.2) is 6.20 Å². The molecule has 0 atom stereocenters. The highest BCUT2D eigenvalue weighted by Gasteiger charge is 1.98. The fourth-order valence-electron chi connectivity index (χ4n) is 0.847. The third-order valence-corrected chi connectivity index (χ3v) is 1.40. The van der Waals surface area contributed by atoms with Crippen molar-refractivity contribution in [3.63, 3.8) is 0 Å². The van der Waals surface area contributed by atoms with Gasteiger partial charge in [-0.15, -0.1) is 5.10 Å². The average Bonchev–Trinajstić information content (AvgIpc) is 2.50. The Balaban J connectivity index is 2.41. The molecule has 1 heterocycles. The van der Waals surface area contributed by atoms with E-state index in [1.54, 1.807) is 18.9 Å². The number of aromatic nitrogens is 3. The first-order valence-electron chi connectivity index (χ1n) is 3.73. The minimum absolute atomic E-state index is 0.507. The fraction of sp³-hybridized carbons (Fsp3) is 0.714. The highest BCUT2D eigenvalue weighted by molar-refractivity contribution is 4.89. The van der Waals surface area contributed by atoms with E-state index in [0.717, 1.165) is 12.2 Å². The molecule has 68 valence electrons. The van der Waals surface area contributed by atoms with E-state index in [0.29, 0.717) is 13.2 Å². The number of nitrogens with zero attached hydrogens (tertiary/aromatic N) is 3. The fourth-order valence-corrected chi connectivity index (χ4v) is 0.847. The first kappa shape index (κ1) is 9.15. The van der Waals surface area contributed by atoms with E-state index in [2.05, 4.69) is 10.3 Å². The van der Waals surface area contributed by atoms with Gasteiger partial charge >= 0.3 is 0 Å². The second-order valence-corrected chi connectivity index (χ2v) is 2.40. The largest absolute Gasteiger partial charge is 0.383 e. The van der Waals surface area contributed by atoms with Crippen LogP contribution in [0.2, 0.25) is 0 Å². The van der Waals surface area contributed by atoms with Crippen LogP contribution in [0.4, 0.5) is 0 Å². The van der Waals surface area contributed by atoms with E-state index >= 15 is 0 Å². The average molecular weight is 171 g/mol. The summed E-state index contributed by atoms with van der Waals surface area (Å²) in [5.74, 6) is 0. The second kappa shape index (κ2) is 4.84. The third-order valence-electron chi connectivity index (χ3n) is 1.40. The Morgan fingerprint density at radius 3 is 2.92 bits per heavy atom. The molecule has 5 nitrogen and oxygen atoms in total. The molecule has 12 heavy (non-hydrogen) atoms. The zero-order valence-corrected chi connectivity index (χ0v) is 7.36. The van der Waals surface area contributed by atoms with Crippen LogP contribution in [-0.4, -0.2) is 35.8 Å². The zero-order valence-electron chi connectivity index (χ0n) is 7.36. The van der Waals surface area contributed by atoms with Gasteiger partial charge in [-0.1, -0.05) is 5.21 Å². The summed E-state index contributed by atoms with van der Waals surface area (Å²) in [5.41, 5.74) is 0.841. The highest BCUT2D eigenvalue weighted by Crippen LogP contribution is 1.94. The molecule has 1 aromatic rings. The van der Waals surface area contributed by atoms with Crippen LogP contribution in [0.25, 0.3) is 0 Å². The van der Waals surface area contributed by atoms with Crippen molar-refractivity contribution in [2.24, 2.45) is 0 Å². The summed E-state index contributed by atoms with van der Waals surface area (Å²) in [6.45, 7) is 1.88. The minimum atomic E-state index is 0.507. The van der Waals surface area contributed by atoms with E-state index < -0.39 is 0 Å². The number of hydrogen-bond donors (Lipinski definition) is 0. The monoisotopic (exact) mass is 171 g/mol. The predicted octanol–water partition coefficient (Wildman–Crippen LogP) is 0.0709. The maximum absolute atomic E-state index is 4.90. The molecule has 0 radical (unpaired) electrons. The molecule has 0 saturated carbocycles. The lowest BCUT2D eigenvalue weighted by molar-refractivity contribution is 0.180. The molecular formula is C7H13N3O2. The molecule has 1 rings (SSSR count). The summed E-state index contributed by atoms with van der Waals surface area (Å²) in [5, 5.41) is 7.77. The molecule has 0 aliphatic heterocycles. The van der Waals surface area contributed by atoms with Crippen molar-refractivity contribution in [2.45, 2.75) is 13.2 Å². The smallest absolute Gasteiger partial charge is 0.108 e. The molecule has 0 aliphatic carbocycles. The number of hydrogen-bond acceptors (Lipinski definition) is 4. The van der Waals surface area contributed by atoms with Gasteiger partial charge in [0.05, 0.1) is 26.0 Å². The van der Waals surface area contributed by atoms with Gasteiger partial charge in [0, 0.05) is 14.2 Å². The second-order valence-electron chi connectivity index (χ2n) is 2.40. The lowest BCUT2D eigenvalue weighted by atomic mass is 10.5. The summed E-state index contributed by atoms with van der Waals surface area (Å²) in [7, 11) is 3.29. The molecule has 0 aromatic carbocycles. The van der Waals surface area contributed by atoms with Crippen LogP contribution in [0.1, 0.15) is 5.69 Å². The van der Waals surface area contributed by atoms with Gasteiger partial charge in [-0.3, -0.25) is 0 Å². The molecular weight excluding hydrogens is 158 g/mol. The van der Waals surface area contributed by atoms with Gasteiger partial charge in [-0.05, 0) is 0 Å². The van der Waals surface area contributed by atoms with Crippen LogP contribution >= 0.6 is 0 Å². The first-order chi connectivity index (χ1) is 5.86. The van der Waals surface area contributed by atoms with Crippen molar-refractivity contribution in [2.75, 3.05) is 20.8 Å². The SMILES string of the molecule is COCCn1cc(COC)nn1. The van der Waals surface area contributed by atoms with Gasteiger partial charge in [-0.25, -0.2) is 4.68 Å². The molecule has 0 saturated heterocycles. The number of rotatable bonds is 5. The summed E-state index contributed by atoms with van der Waals surface area (Å²) in [4.78, 5) is 0. The van der Waals surface area contributed by atoms with Crippen molar-refractivity contribution in [3.05, 3.63) is 11.9 Å². The van der Waals surface area contributed by atoms with E-state index in [1.165, 1.54) is 0 Å². The highest BCUT2D eigenvalue weighted by atomic mass is 16.5. The third kappa shape index (κ3) is 2.60. The van der Waals surface area contributed by atoms with Gasteiger partial charge in [0.15, 0.2) is 0 Å². The first-order valence-corrected chi connectivity index (χ1v) is 3.73. The van der Waals surface area contributed by atoms with Crippen molar-refractivity contribution >= 4 is 0 Å². The molecule has 0 bridgehead atoms. The summed E-state index contributed by atoms with van der Waals surface area (Å²) >= 11 is 0. The Hall–Kier alpha value is -0.940. The lowest BCUT2D eigenvalue weighted by Gasteiger charge is -1.96. The van der Waals surface area contributed by atoms with E-state index in [4.69, 9.17) is 9.47 Å². The summed E-state index contributed by atoms with van der Waals surface area (Å²) < 4.78 is 11.5. The molecule has 0 amide bonds. The molecule has 0 fully saturated rings. The van der Waals surface area contributed by atoms with E-state index in [9.17, 15) is 0 Å². The van der Waals surface area contributed by atoms with E-state index in [-0.39, 0.29) is 0 Å². The summed E-state index contributed by atoms with van der Waals surface area (Å²) in [6.07, 6.45) is 1.85. The Morgan fingerprint density at radius 2 is 2.25 bits per heavy atom. The standard InChI is InChI=1S/C7H13N3O2/c1-11-4-3-10-5-7(6-12-2)8-9-10/h5H,3-4,6H2,1-2H3. The molecule has 1 aromatic heterocycles. The van der Waals surface area contributed by atoms with Gasteiger partial charge in [0.25, 0.3) is 0 Å². The Bertz CT molecular complexity index is 224. The van der Waals surface area contributed by atoms with Crippen molar-refractivity contribution in [1.29, 1.82) is 0 Å². The number of ether oxygens (including phenoxy) is 2. The predicted molar refractivity (Wildman–Crippen MR) is 42.6 cm³/mol. The minimum Gasteiger partial charge on any atom is -0.383 e. The van der Waals surface area contributed by atoms with Crippen molar-refractivity contribution < 1.29 is 9.47 Å². The van der Waals surface area contributed by atoms with Crippen LogP contribution in [0.5, 0.6) is 0 Å². The van der Waals surface area contributed by atoms with Crippen LogP contribution in [0.3, 0.4) is 0 Å². The van der Waals surface area contributed by atoms with Gasteiger partial charge in [0.2, 0.25) is 0 Å². The normalized spacial score (nSPS) is 10.5. The summed E-state index contributed by atoms with van der Waals surface area (Å²) in [6, 6.07) is 0. The Morgan fingerprint density at radius 1 is 1.42 bits per heavy atom. The quantitative estimate of drug-likeness (QED) is 0.629. The van der Waals surface area contributed by atoms with Crippen LogP contribution < -0.4 is 0 Å². The zero-order chi connectivity index (χ0) is 8.81. The molecule has 0 N–H and O–H groups in total. The molecule has 0 unspecified atom stereocenters. The van der Waals surface area contributed by atoms with E-state index in [1.807, 2.05) is 6.20 Å². The van der Waals surface area contributed by atoms with Crippen molar-refractivity contribution in [3.8, 4) is 0 Å². The molecule has 0 spiro atoms. The topological polar surface area (TPSA) is 49.2 Å². The van der Waals surface area contributed by atoms with Gasteiger partial charge < -0.3 is 9.47 Å². The maximum Gasteiger partial charge on any atom is 0.108 e. The Labute approximate surface area is 71.3 Å². The van der Waals surface area contributed by atoms with Crippen LogP contribution in [-0.2, 0) is 22.6 Å².